The number of halogens is 5. The van der Waals surface area contributed by atoms with Gasteiger partial charge < -0.3 is 18.8 Å². The second-order valence-electron chi connectivity index (χ2n) is 7.53. The van der Waals surface area contributed by atoms with Gasteiger partial charge >= 0.3 is 6.18 Å². The largest absolute Gasteiger partial charge is 0.497 e. The van der Waals surface area contributed by atoms with Crippen LogP contribution < -0.4 is 9.47 Å². The highest BCUT2D eigenvalue weighted by molar-refractivity contribution is 9.10. The Balaban J connectivity index is 1.88. The van der Waals surface area contributed by atoms with Gasteiger partial charge in [0.25, 0.3) is 0 Å². The molecule has 0 saturated carbocycles. The summed E-state index contributed by atoms with van der Waals surface area (Å²) < 4.78 is 59.9. The SMILES string of the molecule is COc1ccc(Cn2nc(-c3c(Br)c4nc(OC)c(Cl)cc4n3C)nc2C(OC)C(F)(F)F)cc1. The van der Waals surface area contributed by atoms with Crippen molar-refractivity contribution in [1.29, 1.82) is 0 Å². The van der Waals surface area contributed by atoms with Crippen molar-refractivity contribution in [3.05, 3.63) is 51.2 Å². The van der Waals surface area contributed by atoms with Crippen molar-refractivity contribution >= 4 is 38.6 Å². The molecule has 186 valence electrons. The summed E-state index contributed by atoms with van der Waals surface area (Å²) in [6.07, 6.45) is -6.97. The molecule has 4 aromatic rings. The molecule has 35 heavy (non-hydrogen) atoms. The predicted octanol–water partition coefficient (Wildman–Crippen LogP) is 5.56. The Morgan fingerprint density at radius 2 is 1.77 bits per heavy atom. The van der Waals surface area contributed by atoms with Crippen LogP contribution in [0.15, 0.2) is 34.8 Å². The van der Waals surface area contributed by atoms with E-state index in [-0.39, 0.29) is 29.1 Å². The summed E-state index contributed by atoms with van der Waals surface area (Å²) in [5.74, 6) is 0.514. The zero-order chi connectivity index (χ0) is 25.5. The summed E-state index contributed by atoms with van der Waals surface area (Å²) in [7, 11) is 5.67. The zero-order valence-corrected chi connectivity index (χ0v) is 21.4. The van der Waals surface area contributed by atoms with E-state index in [0.29, 0.717) is 32.5 Å². The number of aryl methyl sites for hydroxylation is 1. The molecule has 1 atom stereocenters. The molecule has 3 aromatic heterocycles. The van der Waals surface area contributed by atoms with Crippen LogP contribution in [0, 0.1) is 0 Å². The molecule has 0 fully saturated rings. The second-order valence-corrected chi connectivity index (χ2v) is 8.73. The second kappa shape index (κ2) is 9.67. The van der Waals surface area contributed by atoms with Gasteiger partial charge in [0.2, 0.25) is 12.0 Å². The lowest BCUT2D eigenvalue weighted by Crippen LogP contribution is -2.26. The van der Waals surface area contributed by atoms with Crippen molar-refractivity contribution < 1.29 is 27.4 Å². The Bertz CT molecular complexity index is 1370. The smallest absolute Gasteiger partial charge is 0.421 e. The molecule has 0 aliphatic rings. The van der Waals surface area contributed by atoms with E-state index in [1.165, 1.54) is 18.9 Å². The number of pyridine rings is 1. The van der Waals surface area contributed by atoms with E-state index in [0.717, 1.165) is 7.11 Å². The van der Waals surface area contributed by atoms with Gasteiger partial charge in [0.15, 0.2) is 11.6 Å². The summed E-state index contributed by atoms with van der Waals surface area (Å²) in [4.78, 5) is 8.67. The van der Waals surface area contributed by atoms with Crippen molar-refractivity contribution in [3.63, 3.8) is 0 Å². The maximum atomic E-state index is 13.8. The van der Waals surface area contributed by atoms with Crippen LogP contribution in [0.2, 0.25) is 5.02 Å². The Labute approximate surface area is 211 Å². The molecule has 3 heterocycles. The van der Waals surface area contributed by atoms with Gasteiger partial charge in [-0.15, -0.1) is 5.10 Å². The van der Waals surface area contributed by atoms with Crippen molar-refractivity contribution in [1.82, 2.24) is 24.3 Å². The lowest BCUT2D eigenvalue weighted by atomic mass is 10.2. The lowest BCUT2D eigenvalue weighted by molar-refractivity contribution is -0.219. The molecule has 1 unspecified atom stereocenters. The van der Waals surface area contributed by atoms with Gasteiger partial charge in [0.1, 0.15) is 22.0 Å². The number of alkyl halides is 3. The molecule has 0 spiro atoms. The number of hydrogen-bond donors (Lipinski definition) is 0. The molecule has 0 bridgehead atoms. The van der Waals surface area contributed by atoms with Gasteiger partial charge in [-0.25, -0.2) is 14.6 Å². The number of fused-ring (bicyclic) bond motifs is 1. The standard InChI is InChI=1S/C22H20BrClF3N5O3/c1-31-14-9-13(24)21(35-4)28-16(14)15(23)17(31)19-29-20(18(34-3)22(25,26)27)32(30-19)10-11-5-7-12(33-2)8-6-11/h5-9,18H,10H2,1-4H3. The van der Waals surface area contributed by atoms with E-state index >= 15 is 0 Å². The third-order valence-corrected chi connectivity index (χ3v) is 6.42. The molecule has 0 saturated heterocycles. The summed E-state index contributed by atoms with van der Waals surface area (Å²) in [6, 6.07) is 8.57. The quantitative estimate of drug-likeness (QED) is 0.288. The number of methoxy groups -OCH3 is 3. The molecule has 0 amide bonds. The van der Waals surface area contributed by atoms with Crippen molar-refractivity contribution in [2.24, 2.45) is 7.05 Å². The van der Waals surface area contributed by atoms with Crippen LogP contribution in [0.3, 0.4) is 0 Å². The fourth-order valence-corrected chi connectivity index (χ4v) is 4.66. The number of aromatic nitrogens is 5. The van der Waals surface area contributed by atoms with Crippen LogP contribution >= 0.6 is 27.5 Å². The molecule has 8 nitrogen and oxygen atoms in total. The number of benzene rings is 1. The third kappa shape index (κ3) is 4.69. The minimum absolute atomic E-state index is 0.0295. The van der Waals surface area contributed by atoms with Gasteiger partial charge in [-0.3, -0.25) is 0 Å². The van der Waals surface area contributed by atoms with E-state index < -0.39 is 12.3 Å². The minimum atomic E-state index is -4.70. The molecule has 1 aromatic carbocycles. The van der Waals surface area contributed by atoms with Gasteiger partial charge in [0, 0.05) is 14.2 Å². The first-order chi connectivity index (χ1) is 16.6. The van der Waals surface area contributed by atoms with Crippen molar-refractivity contribution in [3.8, 4) is 23.1 Å². The average molecular weight is 575 g/mol. The monoisotopic (exact) mass is 573 g/mol. The topological polar surface area (TPSA) is 76.2 Å². The Hall–Kier alpha value is -2.83. The van der Waals surface area contributed by atoms with Crippen LogP contribution in [-0.2, 0) is 18.3 Å². The molecule has 13 heteroatoms. The number of ether oxygens (including phenoxy) is 3. The van der Waals surface area contributed by atoms with E-state index in [2.05, 4.69) is 31.0 Å². The van der Waals surface area contributed by atoms with E-state index in [1.54, 1.807) is 41.9 Å². The molecular formula is C22H20BrClF3N5O3. The number of rotatable bonds is 7. The Kier molecular flexibility index (Phi) is 6.98. The maximum Gasteiger partial charge on any atom is 0.421 e. The Morgan fingerprint density at radius 1 is 1.09 bits per heavy atom. The van der Waals surface area contributed by atoms with Crippen LogP contribution in [0.1, 0.15) is 17.5 Å². The van der Waals surface area contributed by atoms with Gasteiger partial charge in [-0.2, -0.15) is 13.2 Å². The van der Waals surface area contributed by atoms with E-state index in [9.17, 15) is 13.2 Å². The highest BCUT2D eigenvalue weighted by Crippen LogP contribution is 2.40. The third-order valence-electron chi connectivity index (χ3n) is 5.40. The fraction of sp³-hybridized carbons (Fsp3) is 0.318. The first-order valence-corrected chi connectivity index (χ1v) is 11.3. The normalized spacial score (nSPS) is 12.8. The molecule has 0 radical (unpaired) electrons. The van der Waals surface area contributed by atoms with Gasteiger partial charge in [0.05, 0.1) is 30.8 Å². The molecule has 0 aliphatic carbocycles. The first-order valence-electron chi connectivity index (χ1n) is 10.1. The van der Waals surface area contributed by atoms with E-state index in [1.807, 2.05) is 0 Å². The van der Waals surface area contributed by atoms with Crippen LogP contribution in [-0.4, -0.2) is 51.8 Å². The molecule has 0 aliphatic heterocycles. The number of nitrogens with zero attached hydrogens (tertiary/aromatic N) is 5. The maximum absolute atomic E-state index is 13.8. The van der Waals surface area contributed by atoms with Crippen LogP contribution in [0.5, 0.6) is 11.6 Å². The summed E-state index contributed by atoms with van der Waals surface area (Å²) in [5, 5.41) is 4.72. The van der Waals surface area contributed by atoms with E-state index in [4.69, 9.17) is 25.8 Å². The predicted molar refractivity (Wildman–Crippen MR) is 127 cm³/mol. The zero-order valence-electron chi connectivity index (χ0n) is 19.0. The highest BCUT2D eigenvalue weighted by Gasteiger charge is 2.45. The van der Waals surface area contributed by atoms with Crippen molar-refractivity contribution in [2.75, 3.05) is 21.3 Å². The summed E-state index contributed by atoms with van der Waals surface area (Å²) >= 11 is 9.73. The van der Waals surface area contributed by atoms with Crippen molar-refractivity contribution in [2.45, 2.75) is 18.8 Å². The number of hydrogen-bond acceptors (Lipinski definition) is 6. The molecule has 0 N–H and O–H groups in total. The Morgan fingerprint density at radius 3 is 2.34 bits per heavy atom. The summed E-state index contributed by atoms with van der Waals surface area (Å²) in [5.41, 5.74) is 2.24. The summed E-state index contributed by atoms with van der Waals surface area (Å²) in [6.45, 7) is 0.0295. The lowest BCUT2D eigenvalue weighted by Gasteiger charge is -2.18. The van der Waals surface area contributed by atoms with Crippen LogP contribution in [0.4, 0.5) is 13.2 Å². The first kappa shape index (κ1) is 25.3. The van der Waals surface area contributed by atoms with Gasteiger partial charge in [-0.1, -0.05) is 23.7 Å². The molecular weight excluding hydrogens is 555 g/mol. The highest BCUT2D eigenvalue weighted by atomic mass is 79.9. The van der Waals surface area contributed by atoms with Gasteiger partial charge in [-0.05, 0) is 39.7 Å². The molecule has 4 rings (SSSR count). The average Bonchev–Trinajstić information content (AvgIpc) is 3.31. The fourth-order valence-electron chi connectivity index (χ4n) is 3.70. The minimum Gasteiger partial charge on any atom is -0.497 e. The van der Waals surface area contributed by atoms with Crippen LogP contribution in [0.25, 0.3) is 22.6 Å².